The van der Waals surface area contributed by atoms with Gasteiger partial charge in [0.05, 0.1) is 11.8 Å². The van der Waals surface area contributed by atoms with Crippen LogP contribution in [0.3, 0.4) is 0 Å². The van der Waals surface area contributed by atoms with Crippen LogP contribution in [0.15, 0.2) is 47.3 Å². The Labute approximate surface area is 151 Å². The maximum absolute atomic E-state index is 13.2. The quantitative estimate of drug-likeness (QED) is 0.858. The van der Waals surface area contributed by atoms with E-state index in [1.165, 1.54) is 24.7 Å². The summed E-state index contributed by atoms with van der Waals surface area (Å²) in [5.41, 5.74) is 0.980. The van der Waals surface area contributed by atoms with E-state index in [1.807, 2.05) is 0 Å². The molecule has 138 valence electrons. The van der Waals surface area contributed by atoms with Crippen molar-refractivity contribution in [1.29, 1.82) is 0 Å². The Hall–Kier alpha value is -2.83. The minimum atomic E-state index is -0.376. The molecule has 0 unspecified atom stereocenters. The number of amides is 3. The number of nitrogens with one attached hydrogen (secondary N) is 2. The number of hydrogen-bond acceptors (Lipinski definition) is 3. The first kappa shape index (κ1) is 18.0. The van der Waals surface area contributed by atoms with E-state index in [9.17, 15) is 14.0 Å². The first-order valence-corrected chi connectivity index (χ1v) is 8.74. The van der Waals surface area contributed by atoms with Crippen LogP contribution < -0.4 is 10.6 Å². The lowest BCUT2D eigenvalue weighted by molar-refractivity contribution is 0.0949. The van der Waals surface area contributed by atoms with E-state index in [1.54, 1.807) is 23.1 Å². The van der Waals surface area contributed by atoms with E-state index >= 15 is 0 Å². The molecule has 1 fully saturated rings. The molecule has 0 aliphatic carbocycles. The molecule has 2 heterocycles. The summed E-state index contributed by atoms with van der Waals surface area (Å²) in [5.74, 6) is -0.0393. The van der Waals surface area contributed by atoms with Crippen LogP contribution in [0, 0.1) is 11.7 Å². The van der Waals surface area contributed by atoms with Crippen molar-refractivity contribution in [2.45, 2.75) is 19.3 Å². The molecular formula is C19H22FN3O3. The van der Waals surface area contributed by atoms with Crippen LogP contribution in [-0.2, 0) is 0 Å². The molecule has 1 aliphatic heterocycles. The molecule has 0 spiro atoms. The number of urea groups is 1. The fourth-order valence-electron chi connectivity index (χ4n) is 3.08. The number of nitrogens with zero attached hydrogens (tertiary/aromatic N) is 1. The summed E-state index contributed by atoms with van der Waals surface area (Å²) in [5, 5.41) is 5.60. The summed E-state index contributed by atoms with van der Waals surface area (Å²) in [6.45, 7) is 1.91. The molecule has 1 aliphatic rings. The van der Waals surface area contributed by atoms with Crippen LogP contribution in [0.2, 0.25) is 0 Å². The minimum absolute atomic E-state index is 0.134. The Morgan fingerprint density at radius 2 is 2.04 bits per heavy atom. The monoisotopic (exact) mass is 359 g/mol. The van der Waals surface area contributed by atoms with Crippen molar-refractivity contribution in [3.05, 3.63) is 54.2 Å². The highest BCUT2D eigenvalue weighted by Gasteiger charge is 2.23. The lowest BCUT2D eigenvalue weighted by Crippen LogP contribution is -2.41. The van der Waals surface area contributed by atoms with Crippen molar-refractivity contribution >= 4 is 17.6 Å². The molecule has 0 radical (unpaired) electrons. The van der Waals surface area contributed by atoms with Gasteiger partial charge in [-0.25, -0.2) is 9.18 Å². The molecule has 6 nitrogen and oxygen atoms in total. The Bertz CT molecular complexity index is 740. The number of benzene rings is 1. The summed E-state index contributed by atoms with van der Waals surface area (Å²) in [6.07, 6.45) is 5.55. The van der Waals surface area contributed by atoms with Crippen molar-refractivity contribution in [3.8, 4) is 0 Å². The van der Waals surface area contributed by atoms with Crippen molar-refractivity contribution < 1.29 is 18.4 Å². The third-order valence-corrected chi connectivity index (χ3v) is 4.60. The summed E-state index contributed by atoms with van der Waals surface area (Å²) in [6, 6.07) is 7.29. The largest absolute Gasteiger partial charge is 0.472 e. The second kappa shape index (κ2) is 8.51. The lowest BCUT2D eigenvalue weighted by Gasteiger charge is -2.32. The SMILES string of the molecule is O=C(NCCC1CCN(C(=O)Nc2cccc(F)c2)CC1)c1ccoc1. The number of piperidine rings is 1. The molecule has 1 saturated heterocycles. The topological polar surface area (TPSA) is 74.6 Å². The van der Waals surface area contributed by atoms with Crippen LogP contribution in [0.1, 0.15) is 29.6 Å². The zero-order valence-corrected chi connectivity index (χ0v) is 14.4. The van der Waals surface area contributed by atoms with E-state index in [0.29, 0.717) is 36.8 Å². The lowest BCUT2D eigenvalue weighted by atomic mass is 9.93. The molecule has 1 aromatic carbocycles. The fourth-order valence-corrected chi connectivity index (χ4v) is 3.08. The standard InChI is InChI=1S/C19H22FN3O3/c20-16-2-1-3-17(12-16)22-19(25)23-9-5-14(6-10-23)4-8-21-18(24)15-7-11-26-13-15/h1-3,7,11-14H,4-6,8-10H2,(H,21,24)(H,22,25). The first-order chi connectivity index (χ1) is 12.6. The van der Waals surface area contributed by atoms with Crippen molar-refractivity contribution in [3.63, 3.8) is 0 Å². The zero-order valence-electron chi connectivity index (χ0n) is 14.4. The van der Waals surface area contributed by atoms with Gasteiger partial charge in [-0.2, -0.15) is 0 Å². The number of furan rings is 1. The number of halogens is 1. The van der Waals surface area contributed by atoms with Gasteiger partial charge in [-0.1, -0.05) is 6.07 Å². The molecule has 0 bridgehead atoms. The van der Waals surface area contributed by atoms with Crippen LogP contribution in [0.25, 0.3) is 0 Å². The Kier molecular flexibility index (Phi) is 5.88. The Balaban J connectivity index is 1.37. The highest BCUT2D eigenvalue weighted by molar-refractivity contribution is 5.93. The molecule has 26 heavy (non-hydrogen) atoms. The van der Waals surface area contributed by atoms with E-state index in [0.717, 1.165) is 19.3 Å². The van der Waals surface area contributed by atoms with Gasteiger partial charge in [0.1, 0.15) is 12.1 Å². The molecule has 0 saturated carbocycles. The van der Waals surface area contributed by atoms with Crippen LogP contribution in [0.5, 0.6) is 0 Å². The third kappa shape index (κ3) is 4.84. The minimum Gasteiger partial charge on any atom is -0.472 e. The van der Waals surface area contributed by atoms with Gasteiger partial charge >= 0.3 is 6.03 Å². The van der Waals surface area contributed by atoms with Gasteiger partial charge in [-0.15, -0.1) is 0 Å². The predicted molar refractivity (Wildman–Crippen MR) is 95.4 cm³/mol. The van der Waals surface area contributed by atoms with Gasteiger partial charge in [0.15, 0.2) is 0 Å². The van der Waals surface area contributed by atoms with Crippen molar-refractivity contribution in [2.24, 2.45) is 5.92 Å². The molecular weight excluding hydrogens is 337 g/mol. The van der Waals surface area contributed by atoms with Gasteiger partial charge in [-0.3, -0.25) is 4.79 Å². The highest BCUT2D eigenvalue weighted by Crippen LogP contribution is 2.21. The molecule has 3 amide bonds. The van der Waals surface area contributed by atoms with Crippen molar-refractivity contribution in [1.82, 2.24) is 10.2 Å². The van der Waals surface area contributed by atoms with Gasteiger partial charge < -0.3 is 20.0 Å². The van der Waals surface area contributed by atoms with Gasteiger partial charge in [0, 0.05) is 25.3 Å². The van der Waals surface area contributed by atoms with E-state index in [2.05, 4.69) is 10.6 Å². The smallest absolute Gasteiger partial charge is 0.321 e. The second-order valence-electron chi connectivity index (χ2n) is 6.43. The number of hydrogen-bond donors (Lipinski definition) is 2. The zero-order chi connectivity index (χ0) is 18.4. The number of carbonyl (C=O) groups is 2. The molecule has 0 atom stereocenters. The molecule has 7 heteroatoms. The predicted octanol–water partition coefficient (Wildman–Crippen LogP) is 3.48. The molecule has 2 N–H and O–H groups in total. The third-order valence-electron chi connectivity index (χ3n) is 4.60. The summed E-state index contributed by atoms with van der Waals surface area (Å²) in [4.78, 5) is 25.8. The average molecular weight is 359 g/mol. The Morgan fingerprint density at radius 3 is 2.73 bits per heavy atom. The summed E-state index contributed by atoms with van der Waals surface area (Å²) in [7, 11) is 0. The molecule has 2 aromatic rings. The van der Waals surface area contributed by atoms with Crippen LogP contribution in [-0.4, -0.2) is 36.5 Å². The number of carbonyl (C=O) groups excluding carboxylic acids is 2. The van der Waals surface area contributed by atoms with Crippen molar-refractivity contribution in [2.75, 3.05) is 25.0 Å². The van der Waals surface area contributed by atoms with Gasteiger partial charge in [-0.05, 0) is 49.4 Å². The normalized spacial score (nSPS) is 14.9. The maximum atomic E-state index is 13.2. The number of rotatable bonds is 5. The Morgan fingerprint density at radius 1 is 1.23 bits per heavy atom. The average Bonchev–Trinajstić information content (AvgIpc) is 3.17. The van der Waals surface area contributed by atoms with Gasteiger partial charge in [0.2, 0.25) is 0 Å². The number of likely N-dealkylation sites (tertiary alicyclic amines) is 1. The van der Waals surface area contributed by atoms with E-state index in [-0.39, 0.29) is 17.8 Å². The molecule has 3 rings (SSSR count). The summed E-state index contributed by atoms with van der Waals surface area (Å²) >= 11 is 0. The first-order valence-electron chi connectivity index (χ1n) is 8.74. The summed E-state index contributed by atoms with van der Waals surface area (Å²) < 4.78 is 18.1. The number of anilines is 1. The van der Waals surface area contributed by atoms with Gasteiger partial charge in [0.25, 0.3) is 5.91 Å². The van der Waals surface area contributed by atoms with E-state index in [4.69, 9.17) is 4.42 Å². The maximum Gasteiger partial charge on any atom is 0.321 e. The molecule has 1 aromatic heterocycles. The highest BCUT2D eigenvalue weighted by atomic mass is 19.1. The second-order valence-corrected chi connectivity index (χ2v) is 6.43. The van der Waals surface area contributed by atoms with Crippen LogP contribution >= 0.6 is 0 Å². The fraction of sp³-hybridized carbons (Fsp3) is 0.368. The van der Waals surface area contributed by atoms with Crippen LogP contribution in [0.4, 0.5) is 14.9 Å². The van der Waals surface area contributed by atoms with E-state index < -0.39 is 0 Å².